The van der Waals surface area contributed by atoms with Crippen molar-refractivity contribution < 1.29 is 4.74 Å². The van der Waals surface area contributed by atoms with E-state index >= 15 is 0 Å². The molecule has 0 saturated carbocycles. The van der Waals surface area contributed by atoms with E-state index in [1.165, 1.54) is 11.8 Å². The summed E-state index contributed by atoms with van der Waals surface area (Å²) in [5.74, 6) is 1.30. The van der Waals surface area contributed by atoms with Crippen LogP contribution in [0.25, 0.3) is 0 Å². The summed E-state index contributed by atoms with van der Waals surface area (Å²) >= 11 is 0. The topological polar surface area (TPSA) is 45.9 Å². The Morgan fingerprint density at radius 1 is 1.15 bits per heavy atom. The van der Waals surface area contributed by atoms with Crippen LogP contribution in [0.1, 0.15) is 37.5 Å². The number of hydrogen-bond acceptors (Lipinski definition) is 3. The van der Waals surface area contributed by atoms with E-state index in [9.17, 15) is 0 Å². The zero-order valence-electron chi connectivity index (χ0n) is 12.3. The van der Waals surface area contributed by atoms with Gasteiger partial charge in [-0.05, 0) is 24.5 Å². The van der Waals surface area contributed by atoms with Gasteiger partial charge in [0.25, 0.3) is 0 Å². The van der Waals surface area contributed by atoms with E-state index in [0.717, 1.165) is 11.3 Å². The maximum absolute atomic E-state index is 8.77. The van der Waals surface area contributed by atoms with Crippen LogP contribution >= 0.6 is 0 Å². The standard InChI is InChI=1S/C17H18N2O/c1-12-5-7-15(14(9-12)17(2,3)4)20-16-8-6-13(10-18)11-19-16/h5-9,11H,1-4H3. The summed E-state index contributed by atoms with van der Waals surface area (Å²) in [5.41, 5.74) is 2.87. The fourth-order valence-electron chi connectivity index (χ4n) is 1.94. The molecule has 0 amide bonds. The summed E-state index contributed by atoms with van der Waals surface area (Å²) < 4.78 is 5.87. The van der Waals surface area contributed by atoms with Gasteiger partial charge >= 0.3 is 0 Å². The number of hydrogen-bond donors (Lipinski definition) is 0. The first-order chi connectivity index (χ1) is 9.40. The quantitative estimate of drug-likeness (QED) is 0.811. The van der Waals surface area contributed by atoms with Crippen molar-refractivity contribution >= 4 is 0 Å². The summed E-state index contributed by atoms with van der Waals surface area (Å²) in [6, 6.07) is 11.6. The summed E-state index contributed by atoms with van der Waals surface area (Å²) in [4.78, 5) is 4.15. The van der Waals surface area contributed by atoms with Gasteiger partial charge < -0.3 is 4.74 Å². The predicted octanol–water partition coefficient (Wildman–Crippen LogP) is 4.35. The Bertz CT molecular complexity index is 646. The maximum atomic E-state index is 8.77. The number of benzene rings is 1. The number of pyridine rings is 1. The van der Waals surface area contributed by atoms with Crippen molar-refractivity contribution in [2.75, 3.05) is 0 Å². The Kier molecular flexibility index (Phi) is 3.76. The van der Waals surface area contributed by atoms with Gasteiger partial charge in [-0.15, -0.1) is 0 Å². The van der Waals surface area contributed by atoms with Gasteiger partial charge in [0.05, 0.1) is 5.56 Å². The van der Waals surface area contributed by atoms with Gasteiger partial charge in [-0.25, -0.2) is 4.98 Å². The van der Waals surface area contributed by atoms with Gasteiger partial charge in [0.2, 0.25) is 5.88 Å². The van der Waals surface area contributed by atoms with Gasteiger partial charge in [-0.1, -0.05) is 38.5 Å². The molecule has 0 aliphatic rings. The molecule has 0 spiro atoms. The molecule has 1 heterocycles. The lowest BCUT2D eigenvalue weighted by atomic mass is 9.85. The second kappa shape index (κ2) is 5.34. The molecule has 0 N–H and O–H groups in total. The van der Waals surface area contributed by atoms with Crippen molar-refractivity contribution in [2.24, 2.45) is 0 Å². The van der Waals surface area contributed by atoms with Crippen molar-refractivity contribution in [1.29, 1.82) is 5.26 Å². The van der Waals surface area contributed by atoms with E-state index < -0.39 is 0 Å². The Labute approximate surface area is 119 Å². The fourth-order valence-corrected chi connectivity index (χ4v) is 1.94. The fraction of sp³-hybridized carbons (Fsp3) is 0.294. The number of rotatable bonds is 2. The predicted molar refractivity (Wildman–Crippen MR) is 78.9 cm³/mol. The molecule has 0 atom stereocenters. The highest BCUT2D eigenvalue weighted by Gasteiger charge is 2.19. The van der Waals surface area contributed by atoms with Crippen LogP contribution in [0, 0.1) is 18.3 Å². The third-order valence-electron chi connectivity index (χ3n) is 3.02. The molecule has 0 saturated heterocycles. The molecule has 102 valence electrons. The van der Waals surface area contributed by atoms with Crippen LogP contribution in [0.15, 0.2) is 36.5 Å². The van der Waals surface area contributed by atoms with Crippen molar-refractivity contribution in [3.63, 3.8) is 0 Å². The third kappa shape index (κ3) is 3.16. The molecule has 0 fully saturated rings. The second-order valence-corrected chi connectivity index (χ2v) is 5.85. The second-order valence-electron chi connectivity index (χ2n) is 5.85. The van der Waals surface area contributed by atoms with Crippen LogP contribution in [0.2, 0.25) is 0 Å². The summed E-state index contributed by atoms with van der Waals surface area (Å²) in [5, 5.41) is 8.77. The Balaban J connectivity index is 2.35. The first-order valence-electron chi connectivity index (χ1n) is 6.55. The molecule has 0 unspecified atom stereocenters. The van der Waals surface area contributed by atoms with Crippen LogP contribution in [0.3, 0.4) is 0 Å². The third-order valence-corrected chi connectivity index (χ3v) is 3.02. The molecular weight excluding hydrogens is 248 g/mol. The summed E-state index contributed by atoms with van der Waals surface area (Å²) in [6.07, 6.45) is 1.51. The zero-order chi connectivity index (χ0) is 14.8. The van der Waals surface area contributed by atoms with E-state index in [2.05, 4.69) is 38.7 Å². The average Bonchev–Trinajstić information content (AvgIpc) is 2.40. The molecule has 1 aromatic heterocycles. The lowest BCUT2D eigenvalue weighted by Gasteiger charge is -2.23. The summed E-state index contributed by atoms with van der Waals surface area (Å²) in [7, 11) is 0. The highest BCUT2D eigenvalue weighted by Crippen LogP contribution is 2.34. The first-order valence-corrected chi connectivity index (χ1v) is 6.55. The van der Waals surface area contributed by atoms with E-state index in [1.54, 1.807) is 12.1 Å². The van der Waals surface area contributed by atoms with Crippen LogP contribution in [-0.4, -0.2) is 4.98 Å². The molecule has 3 heteroatoms. The molecule has 0 aliphatic carbocycles. The van der Waals surface area contributed by atoms with E-state index in [0.29, 0.717) is 11.4 Å². The lowest BCUT2D eigenvalue weighted by Crippen LogP contribution is -2.13. The smallest absolute Gasteiger partial charge is 0.219 e. The Morgan fingerprint density at radius 3 is 2.45 bits per heavy atom. The molecule has 3 nitrogen and oxygen atoms in total. The maximum Gasteiger partial charge on any atom is 0.219 e. The number of aryl methyl sites for hydroxylation is 1. The minimum Gasteiger partial charge on any atom is -0.439 e. The van der Waals surface area contributed by atoms with Crippen LogP contribution in [0.4, 0.5) is 0 Å². The Morgan fingerprint density at radius 2 is 1.90 bits per heavy atom. The number of ether oxygens (including phenoxy) is 1. The molecule has 2 aromatic rings. The van der Waals surface area contributed by atoms with Crippen molar-refractivity contribution in [3.8, 4) is 17.7 Å². The molecule has 0 bridgehead atoms. The molecule has 0 aliphatic heterocycles. The monoisotopic (exact) mass is 266 g/mol. The van der Waals surface area contributed by atoms with Crippen LogP contribution in [0.5, 0.6) is 11.6 Å². The van der Waals surface area contributed by atoms with Crippen molar-refractivity contribution in [2.45, 2.75) is 33.1 Å². The van der Waals surface area contributed by atoms with Gasteiger partial charge in [-0.2, -0.15) is 5.26 Å². The average molecular weight is 266 g/mol. The minimum atomic E-state index is -0.00600. The zero-order valence-corrected chi connectivity index (χ0v) is 12.3. The SMILES string of the molecule is Cc1ccc(Oc2ccc(C#N)cn2)c(C(C)(C)C)c1. The van der Waals surface area contributed by atoms with Gasteiger partial charge in [-0.3, -0.25) is 0 Å². The first kappa shape index (κ1) is 14.1. The minimum absolute atomic E-state index is 0.00600. The molecule has 20 heavy (non-hydrogen) atoms. The molecule has 1 aromatic carbocycles. The number of aromatic nitrogens is 1. The number of nitrogens with zero attached hydrogens (tertiary/aromatic N) is 2. The Hall–Kier alpha value is -2.34. The largest absolute Gasteiger partial charge is 0.439 e. The van der Waals surface area contributed by atoms with E-state index in [4.69, 9.17) is 10.00 Å². The molecule has 0 radical (unpaired) electrons. The van der Waals surface area contributed by atoms with Crippen LogP contribution in [-0.2, 0) is 5.41 Å². The van der Waals surface area contributed by atoms with E-state index in [-0.39, 0.29) is 5.41 Å². The van der Waals surface area contributed by atoms with Gasteiger partial charge in [0.15, 0.2) is 0 Å². The highest BCUT2D eigenvalue weighted by atomic mass is 16.5. The lowest BCUT2D eigenvalue weighted by molar-refractivity contribution is 0.439. The van der Waals surface area contributed by atoms with Gasteiger partial charge in [0.1, 0.15) is 11.8 Å². The van der Waals surface area contributed by atoms with Crippen molar-refractivity contribution in [3.05, 3.63) is 53.2 Å². The molecule has 2 rings (SSSR count). The highest BCUT2D eigenvalue weighted by molar-refractivity contribution is 5.43. The number of nitriles is 1. The summed E-state index contributed by atoms with van der Waals surface area (Å²) in [6.45, 7) is 8.53. The normalized spacial score (nSPS) is 10.9. The van der Waals surface area contributed by atoms with Gasteiger partial charge in [0, 0.05) is 17.8 Å². The van der Waals surface area contributed by atoms with E-state index in [1.807, 2.05) is 18.2 Å². The molecular formula is C17H18N2O. The van der Waals surface area contributed by atoms with Crippen molar-refractivity contribution in [1.82, 2.24) is 4.98 Å². The van der Waals surface area contributed by atoms with Crippen LogP contribution < -0.4 is 4.74 Å².